The number of halogens is 2. The Morgan fingerprint density at radius 1 is 1.04 bits per heavy atom. The molecule has 0 amide bonds. The molecule has 0 saturated carbocycles. The first-order chi connectivity index (χ1) is 12.1. The van der Waals surface area contributed by atoms with Gasteiger partial charge in [-0.3, -0.25) is 0 Å². The summed E-state index contributed by atoms with van der Waals surface area (Å²) >= 11 is 0. The molecule has 0 unspecified atom stereocenters. The van der Waals surface area contributed by atoms with Crippen molar-refractivity contribution in [2.75, 3.05) is 6.61 Å². The van der Waals surface area contributed by atoms with E-state index in [4.69, 9.17) is 9.47 Å². The van der Waals surface area contributed by atoms with Gasteiger partial charge in [-0.25, -0.2) is 14.2 Å². The van der Waals surface area contributed by atoms with Gasteiger partial charge in [-0.1, -0.05) is 32.6 Å². The Hall–Kier alpha value is -2.50. The summed E-state index contributed by atoms with van der Waals surface area (Å²) in [5, 5.41) is 0. The highest BCUT2D eigenvalue weighted by Crippen LogP contribution is 2.17. The number of unbranched alkanes of at least 4 members (excludes halogenated alkanes) is 4. The molecular weight excluding hydrogens is 328 g/mol. The lowest BCUT2D eigenvalue weighted by molar-refractivity contribution is 0.0733. The molecule has 2 rings (SSSR count). The molecule has 0 spiro atoms. The van der Waals surface area contributed by atoms with Crippen LogP contribution in [0.5, 0.6) is 11.5 Å². The van der Waals surface area contributed by atoms with Gasteiger partial charge in [-0.05, 0) is 30.7 Å². The third-order valence-corrected chi connectivity index (χ3v) is 3.59. The Morgan fingerprint density at radius 2 is 1.76 bits per heavy atom. The minimum absolute atomic E-state index is 0.156. The van der Waals surface area contributed by atoms with E-state index >= 15 is 0 Å². The molecule has 0 aliphatic rings. The van der Waals surface area contributed by atoms with Gasteiger partial charge in [0.25, 0.3) is 0 Å². The van der Waals surface area contributed by atoms with Gasteiger partial charge in [0.15, 0.2) is 11.6 Å². The summed E-state index contributed by atoms with van der Waals surface area (Å²) in [5.41, 5.74) is 0.278. The van der Waals surface area contributed by atoms with Crippen molar-refractivity contribution in [2.24, 2.45) is 0 Å². The molecule has 6 heteroatoms. The second kappa shape index (κ2) is 9.71. The number of rotatable bonds is 9. The van der Waals surface area contributed by atoms with Crippen LogP contribution in [0.25, 0.3) is 0 Å². The van der Waals surface area contributed by atoms with E-state index in [-0.39, 0.29) is 11.3 Å². The number of aromatic nitrogens is 1. The Morgan fingerprint density at radius 3 is 2.44 bits per heavy atom. The number of esters is 1. The zero-order valence-corrected chi connectivity index (χ0v) is 14.1. The first-order valence-corrected chi connectivity index (χ1v) is 8.36. The maximum atomic E-state index is 13.1. The number of ether oxygens (including phenoxy) is 2. The summed E-state index contributed by atoms with van der Waals surface area (Å²) in [5.74, 6) is -2.58. The van der Waals surface area contributed by atoms with Crippen LogP contribution in [0.15, 0.2) is 36.5 Å². The first-order valence-electron chi connectivity index (χ1n) is 8.36. The van der Waals surface area contributed by atoms with E-state index in [1.807, 2.05) is 0 Å². The second-order valence-corrected chi connectivity index (χ2v) is 5.62. The Kier molecular flexibility index (Phi) is 7.32. The molecule has 0 radical (unpaired) electrons. The van der Waals surface area contributed by atoms with E-state index in [0.29, 0.717) is 12.4 Å². The summed E-state index contributed by atoms with van der Waals surface area (Å²) < 4.78 is 36.4. The monoisotopic (exact) mass is 349 g/mol. The lowest BCUT2D eigenvalue weighted by Gasteiger charge is -2.07. The zero-order chi connectivity index (χ0) is 18.1. The van der Waals surface area contributed by atoms with Gasteiger partial charge in [0.1, 0.15) is 5.75 Å². The SMILES string of the molecule is CCCCCCCOc1ccc(C(=O)Oc2cnc(F)c(F)c2)cc1. The Labute approximate surface area is 145 Å². The minimum Gasteiger partial charge on any atom is -0.494 e. The van der Waals surface area contributed by atoms with Gasteiger partial charge in [-0.2, -0.15) is 4.39 Å². The number of nitrogens with zero attached hydrogens (tertiary/aromatic N) is 1. The molecule has 0 saturated heterocycles. The standard InChI is InChI=1S/C19H21F2NO3/c1-2-3-4-5-6-11-24-15-9-7-14(8-10-15)19(23)25-16-12-17(20)18(21)22-13-16/h7-10,12-13H,2-6,11H2,1H3. The fourth-order valence-corrected chi connectivity index (χ4v) is 2.21. The highest BCUT2D eigenvalue weighted by atomic mass is 19.2. The molecule has 0 N–H and O–H groups in total. The van der Waals surface area contributed by atoms with Crippen molar-refractivity contribution < 1.29 is 23.0 Å². The van der Waals surface area contributed by atoms with Gasteiger partial charge in [-0.15, -0.1) is 0 Å². The summed E-state index contributed by atoms with van der Waals surface area (Å²) in [6.07, 6.45) is 6.74. The van der Waals surface area contributed by atoms with Crippen LogP contribution in [0.2, 0.25) is 0 Å². The minimum atomic E-state index is -1.24. The lowest BCUT2D eigenvalue weighted by atomic mass is 10.2. The summed E-state index contributed by atoms with van der Waals surface area (Å²) in [4.78, 5) is 15.1. The molecule has 4 nitrogen and oxygen atoms in total. The number of pyridine rings is 1. The maximum absolute atomic E-state index is 13.1. The zero-order valence-electron chi connectivity index (χ0n) is 14.1. The van der Waals surface area contributed by atoms with Crippen molar-refractivity contribution in [3.05, 3.63) is 53.9 Å². The molecule has 1 aromatic carbocycles. The maximum Gasteiger partial charge on any atom is 0.343 e. The number of hydrogen-bond donors (Lipinski definition) is 0. The van der Waals surface area contributed by atoms with Crippen LogP contribution in [-0.2, 0) is 0 Å². The molecule has 0 atom stereocenters. The summed E-state index contributed by atoms with van der Waals surface area (Å²) in [6.45, 7) is 2.81. The van der Waals surface area contributed by atoms with Crippen molar-refractivity contribution in [3.8, 4) is 11.5 Å². The predicted octanol–water partition coefficient (Wildman–Crippen LogP) is 4.93. The van der Waals surface area contributed by atoms with Crippen molar-refractivity contribution in [1.29, 1.82) is 0 Å². The largest absolute Gasteiger partial charge is 0.494 e. The van der Waals surface area contributed by atoms with Crippen molar-refractivity contribution in [3.63, 3.8) is 0 Å². The van der Waals surface area contributed by atoms with Gasteiger partial charge in [0, 0.05) is 6.07 Å². The molecule has 134 valence electrons. The quantitative estimate of drug-likeness (QED) is 0.366. The number of benzene rings is 1. The molecule has 0 bridgehead atoms. The predicted molar refractivity (Wildman–Crippen MR) is 89.8 cm³/mol. The van der Waals surface area contributed by atoms with E-state index < -0.39 is 17.7 Å². The van der Waals surface area contributed by atoms with E-state index in [1.165, 1.54) is 19.3 Å². The average Bonchev–Trinajstić information content (AvgIpc) is 2.61. The van der Waals surface area contributed by atoms with Crippen LogP contribution < -0.4 is 9.47 Å². The molecule has 2 aromatic rings. The normalized spacial score (nSPS) is 10.5. The van der Waals surface area contributed by atoms with Crippen molar-refractivity contribution in [2.45, 2.75) is 39.0 Å². The Bertz CT molecular complexity index is 690. The molecule has 0 aliphatic heterocycles. The third-order valence-electron chi connectivity index (χ3n) is 3.59. The summed E-state index contributed by atoms with van der Waals surface area (Å²) in [7, 11) is 0. The number of hydrogen-bond acceptors (Lipinski definition) is 4. The molecule has 1 heterocycles. The number of carbonyl (C=O) groups is 1. The molecular formula is C19H21F2NO3. The molecule has 25 heavy (non-hydrogen) atoms. The van der Waals surface area contributed by atoms with Crippen LogP contribution in [0.1, 0.15) is 49.4 Å². The average molecular weight is 349 g/mol. The van der Waals surface area contributed by atoms with Crippen molar-refractivity contribution >= 4 is 5.97 Å². The van der Waals surface area contributed by atoms with Gasteiger partial charge in [0.2, 0.25) is 5.95 Å². The van der Waals surface area contributed by atoms with Gasteiger partial charge >= 0.3 is 5.97 Å². The van der Waals surface area contributed by atoms with Crippen LogP contribution in [0.4, 0.5) is 8.78 Å². The second-order valence-electron chi connectivity index (χ2n) is 5.62. The van der Waals surface area contributed by atoms with Crippen LogP contribution in [0.3, 0.4) is 0 Å². The van der Waals surface area contributed by atoms with Crippen LogP contribution in [-0.4, -0.2) is 17.6 Å². The lowest BCUT2D eigenvalue weighted by Crippen LogP contribution is -2.09. The molecule has 0 fully saturated rings. The van der Waals surface area contributed by atoms with Crippen LogP contribution in [0, 0.1) is 11.8 Å². The van der Waals surface area contributed by atoms with Gasteiger partial charge in [0.05, 0.1) is 18.4 Å². The van der Waals surface area contributed by atoms with E-state index in [9.17, 15) is 13.6 Å². The fraction of sp³-hybridized carbons (Fsp3) is 0.368. The number of carbonyl (C=O) groups excluding carboxylic acids is 1. The highest BCUT2D eigenvalue weighted by Gasteiger charge is 2.11. The van der Waals surface area contributed by atoms with Crippen LogP contribution >= 0.6 is 0 Å². The smallest absolute Gasteiger partial charge is 0.343 e. The third kappa shape index (κ3) is 6.14. The van der Waals surface area contributed by atoms with Crippen molar-refractivity contribution in [1.82, 2.24) is 4.98 Å². The molecule has 0 aliphatic carbocycles. The first kappa shape index (κ1) is 18.8. The van der Waals surface area contributed by atoms with E-state index in [2.05, 4.69) is 11.9 Å². The van der Waals surface area contributed by atoms with E-state index in [0.717, 1.165) is 25.1 Å². The van der Waals surface area contributed by atoms with Gasteiger partial charge < -0.3 is 9.47 Å². The molecule has 1 aromatic heterocycles. The topological polar surface area (TPSA) is 48.4 Å². The fourth-order valence-electron chi connectivity index (χ4n) is 2.21. The summed E-state index contributed by atoms with van der Waals surface area (Å²) in [6, 6.07) is 7.23. The van der Waals surface area contributed by atoms with E-state index in [1.54, 1.807) is 24.3 Å². The highest BCUT2D eigenvalue weighted by molar-refractivity contribution is 5.91. The Balaban J connectivity index is 1.82.